The maximum absolute atomic E-state index is 5.42. The van der Waals surface area contributed by atoms with Crippen molar-refractivity contribution in [2.45, 2.75) is 24.2 Å². The van der Waals surface area contributed by atoms with Crippen molar-refractivity contribution in [1.29, 1.82) is 0 Å². The SMILES string of the molecule is C=C/C=C(\C)[C@H](C)NOSc1nc2ccccc2s1. The number of hydrogen-bond donors (Lipinski definition) is 1. The van der Waals surface area contributed by atoms with Crippen LogP contribution >= 0.6 is 23.4 Å². The lowest BCUT2D eigenvalue weighted by molar-refractivity contribution is 0.213. The van der Waals surface area contributed by atoms with Crippen molar-refractivity contribution in [2.24, 2.45) is 0 Å². The van der Waals surface area contributed by atoms with Crippen LogP contribution in [0.4, 0.5) is 0 Å². The quantitative estimate of drug-likeness (QED) is 0.488. The van der Waals surface area contributed by atoms with E-state index in [0.717, 1.165) is 9.86 Å². The number of thiazole rings is 1. The van der Waals surface area contributed by atoms with Gasteiger partial charge in [-0.3, -0.25) is 0 Å². The summed E-state index contributed by atoms with van der Waals surface area (Å²) in [6.07, 6.45) is 3.73. The fourth-order valence-corrected chi connectivity index (χ4v) is 3.05. The molecule has 0 bridgehead atoms. The Balaban J connectivity index is 1.89. The zero-order valence-corrected chi connectivity index (χ0v) is 12.6. The van der Waals surface area contributed by atoms with Gasteiger partial charge in [0.25, 0.3) is 0 Å². The second-order valence-corrected chi connectivity index (χ2v) is 6.11. The maximum atomic E-state index is 5.42. The predicted molar refractivity (Wildman–Crippen MR) is 83.1 cm³/mol. The lowest BCUT2D eigenvalue weighted by atomic mass is 10.1. The largest absolute Gasteiger partial charge is 0.227 e. The van der Waals surface area contributed by atoms with Crippen LogP contribution in [0.15, 0.2) is 52.9 Å². The van der Waals surface area contributed by atoms with E-state index in [1.54, 1.807) is 17.4 Å². The molecule has 0 fully saturated rings. The van der Waals surface area contributed by atoms with Gasteiger partial charge in [0.05, 0.1) is 28.3 Å². The third-order valence-electron chi connectivity index (χ3n) is 2.68. The minimum absolute atomic E-state index is 0.139. The van der Waals surface area contributed by atoms with Crippen LogP contribution in [0.1, 0.15) is 13.8 Å². The molecular formula is C14H16N2OS2. The van der Waals surface area contributed by atoms with Gasteiger partial charge in [-0.2, -0.15) is 5.48 Å². The number of benzene rings is 1. The molecule has 1 atom stereocenters. The monoisotopic (exact) mass is 292 g/mol. The van der Waals surface area contributed by atoms with Gasteiger partial charge in [0.1, 0.15) is 0 Å². The van der Waals surface area contributed by atoms with Gasteiger partial charge in [-0.25, -0.2) is 9.27 Å². The van der Waals surface area contributed by atoms with Gasteiger partial charge in [0.15, 0.2) is 4.34 Å². The first-order valence-corrected chi connectivity index (χ1v) is 7.50. The number of para-hydroxylation sites is 1. The maximum Gasteiger partial charge on any atom is 0.180 e. The molecule has 0 aliphatic heterocycles. The molecule has 2 aromatic rings. The third kappa shape index (κ3) is 3.91. The van der Waals surface area contributed by atoms with E-state index in [-0.39, 0.29) is 6.04 Å². The van der Waals surface area contributed by atoms with Crippen molar-refractivity contribution < 1.29 is 4.28 Å². The van der Waals surface area contributed by atoms with Crippen LogP contribution in [0.3, 0.4) is 0 Å². The van der Waals surface area contributed by atoms with Crippen LogP contribution in [-0.4, -0.2) is 11.0 Å². The Labute approximate surface area is 121 Å². The number of hydroxylamine groups is 1. The summed E-state index contributed by atoms with van der Waals surface area (Å²) in [5, 5.41) is 0. The molecule has 0 unspecified atom stereocenters. The second-order valence-electron chi connectivity index (χ2n) is 4.10. The van der Waals surface area contributed by atoms with Crippen molar-refractivity contribution in [3.63, 3.8) is 0 Å². The topological polar surface area (TPSA) is 34.1 Å². The van der Waals surface area contributed by atoms with E-state index in [9.17, 15) is 0 Å². The number of hydrogen-bond acceptors (Lipinski definition) is 5. The van der Waals surface area contributed by atoms with Gasteiger partial charge in [-0.15, -0.1) is 11.3 Å². The number of aromatic nitrogens is 1. The number of allylic oxidation sites excluding steroid dienone is 2. The summed E-state index contributed by atoms with van der Waals surface area (Å²) in [6, 6.07) is 8.20. The molecule has 19 heavy (non-hydrogen) atoms. The Kier molecular flexibility index (Phi) is 5.15. The average Bonchev–Trinajstić information content (AvgIpc) is 2.81. The zero-order chi connectivity index (χ0) is 13.7. The first-order chi connectivity index (χ1) is 9.20. The number of nitrogens with zero attached hydrogens (tertiary/aromatic N) is 1. The molecule has 5 heteroatoms. The minimum atomic E-state index is 0.139. The third-order valence-corrected chi connectivity index (χ3v) is 4.37. The van der Waals surface area contributed by atoms with Gasteiger partial charge >= 0.3 is 0 Å². The Bertz CT molecular complexity index is 559. The number of nitrogens with one attached hydrogen (secondary N) is 1. The van der Waals surface area contributed by atoms with Crippen LogP contribution < -0.4 is 5.48 Å². The van der Waals surface area contributed by atoms with Crippen LogP contribution in [0.5, 0.6) is 0 Å². The standard InChI is InChI=1S/C14H16N2OS2/c1-4-7-10(2)11(3)16-17-19-14-15-12-8-5-6-9-13(12)18-14/h4-9,11,16H,1H2,2-3H3/b10-7+/t11-/m0/s1. The Morgan fingerprint density at radius 1 is 1.53 bits per heavy atom. The molecule has 2 rings (SSSR count). The molecule has 0 saturated carbocycles. The summed E-state index contributed by atoms with van der Waals surface area (Å²) in [5.74, 6) is 0. The molecule has 1 aromatic heterocycles. The summed E-state index contributed by atoms with van der Waals surface area (Å²) in [7, 11) is 0. The molecule has 100 valence electrons. The van der Waals surface area contributed by atoms with Gasteiger partial charge in [0, 0.05) is 0 Å². The minimum Gasteiger partial charge on any atom is -0.227 e. The molecule has 0 saturated heterocycles. The van der Waals surface area contributed by atoms with Crippen LogP contribution in [-0.2, 0) is 4.28 Å². The highest BCUT2D eigenvalue weighted by atomic mass is 32.2. The summed E-state index contributed by atoms with van der Waals surface area (Å²) in [6.45, 7) is 7.75. The van der Waals surface area contributed by atoms with Crippen LogP contribution in [0.25, 0.3) is 10.2 Å². The molecule has 0 amide bonds. The van der Waals surface area contributed by atoms with E-state index in [1.165, 1.54) is 22.3 Å². The summed E-state index contributed by atoms with van der Waals surface area (Å²) < 4.78 is 7.48. The van der Waals surface area contributed by atoms with Crippen LogP contribution in [0.2, 0.25) is 0 Å². The normalized spacial score (nSPS) is 13.7. The van der Waals surface area contributed by atoms with Gasteiger partial charge in [-0.05, 0) is 26.0 Å². The fourth-order valence-electron chi connectivity index (χ4n) is 1.44. The zero-order valence-electron chi connectivity index (χ0n) is 10.9. The van der Waals surface area contributed by atoms with Crippen molar-refractivity contribution in [3.05, 3.63) is 48.6 Å². The molecule has 0 spiro atoms. The molecule has 1 N–H and O–H groups in total. The van der Waals surface area contributed by atoms with Gasteiger partial charge in [-0.1, -0.05) is 36.4 Å². The van der Waals surface area contributed by atoms with E-state index in [0.29, 0.717) is 0 Å². The van der Waals surface area contributed by atoms with Crippen molar-refractivity contribution in [1.82, 2.24) is 10.5 Å². The predicted octanol–water partition coefficient (Wildman–Crippen LogP) is 4.35. The molecule has 0 aliphatic carbocycles. The van der Waals surface area contributed by atoms with E-state index in [1.807, 2.05) is 38.1 Å². The van der Waals surface area contributed by atoms with Crippen molar-refractivity contribution >= 4 is 33.6 Å². The summed E-state index contributed by atoms with van der Waals surface area (Å²) in [5.41, 5.74) is 5.15. The fraction of sp³-hybridized carbons (Fsp3) is 0.214. The van der Waals surface area contributed by atoms with Crippen molar-refractivity contribution in [3.8, 4) is 0 Å². The van der Waals surface area contributed by atoms with E-state index >= 15 is 0 Å². The highest BCUT2D eigenvalue weighted by Gasteiger charge is 2.07. The molecular weight excluding hydrogens is 276 g/mol. The first-order valence-electron chi connectivity index (χ1n) is 5.94. The van der Waals surface area contributed by atoms with E-state index in [2.05, 4.69) is 23.1 Å². The molecule has 1 heterocycles. The smallest absolute Gasteiger partial charge is 0.180 e. The van der Waals surface area contributed by atoms with Crippen LogP contribution in [0, 0.1) is 0 Å². The Morgan fingerprint density at radius 3 is 3.05 bits per heavy atom. The molecule has 0 aliphatic rings. The molecule has 1 aromatic carbocycles. The Hall–Kier alpha value is -1.14. The van der Waals surface area contributed by atoms with Gasteiger partial charge in [0.2, 0.25) is 0 Å². The van der Waals surface area contributed by atoms with E-state index in [4.69, 9.17) is 4.28 Å². The Morgan fingerprint density at radius 2 is 2.32 bits per heavy atom. The van der Waals surface area contributed by atoms with Gasteiger partial charge < -0.3 is 0 Å². The highest BCUT2D eigenvalue weighted by molar-refractivity contribution is 7.96. The summed E-state index contributed by atoms with van der Waals surface area (Å²) >= 11 is 2.88. The van der Waals surface area contributed by atoms with Crippen molar-refractivity contribution in [2.75, 3.05) is 0 Å². The number of fused-ring (bicyclic) bond motifs is 1. The molecule has 3 nitrogen and oxygen atoms in total. The first kappa shape index (κ1) is 14.3. The average molecular weight is 292 g/mol. The summed E-state index contributed by atoms with van der Waals surface area (Å²) in [4.78, 5) is 4.48. The highest BCUT2D eigenvalue weighted by Crippen LogP contribution is 2.29. The molecule has 0 radical (unpaired) electrons. The second kappa shape index (κ2) is 6.86. The lowest BCUT2D eigenvalue weighted by Gasteiger charge is -2.12. The lowest BCUT2D eigenvalue weighted by Crippen LogP contribution is -2.24. The number of rotatable bonds is 6. The van der Waals surface area contributed by atoms with E-state index < -0.39 is 0 Å².